The number of carbonyl (C=O) groups is 1. The zero-order chi connectivity index (χ0) is 18.0. The highest BCUT2D eigenvalue weighted by Gasteiger charge is 2.23. The first-order chi connectivity index (χ1) is 12.0. The summed E-state index contributed by atoms with van der Waals surface area (Å²) < 4.78 is 6.76. The number of nitrogens with zero attached hydrogens (tertiary/aromatic N) is 2. The van der Waals surface area contributed by atoms with Gasteiger partial charge in [0.2, 0.25) is 0 Å². The van der Waals surface area contributed by atoms with Crippen molar-refractivity contribution in [1.29, 1.82) is 0 Å². The standard InChI is InChI=1S/C18H19N3O4/c1-11(2)8-15(18(23)24)21-17(22)9-12(10-20-21)25-16-5-3-4-14-13(16)6-7-19-14/h3-7,9-11,15,19H,8H2,1-2H3,(H,23,24). The van der Waals surface area contributed by atoms with Gasteiger partial charge in [-0.1, -0.05) is 19.9 Å². The summed E-state index contributed by atoms with van der Waals surface area (Å²) in [5.74, 6) is -0.0933. The molecule has 0 spiro atoms. The van der Waals surface area contributed by atoms with Gasteiger partial charge >= 0.3 is 5.97 Å². The molecule has 130 valence electrons. The lowest BCUT2D eigenvalue weighted by Crippen LogP contribution is -2.32. The largest absolute Gasteiger partial charge is 0.480 e. The van der Waals surface area contributed by atoms with E-state index in [4.69, 9.17) is 4.74 Å². The summed E-state index contributed by atoms with van der Waals surface area (Å²) in [6.45, 7) is 3.80. The van der Waals surface area contributed by atoms with E-state index in [9.17, 15) is 14.7 Å². The Labute approximate surface area is 143 Å². The molecule has 3 rings (SSSR count). The van der Waals surface area contributed by atoms with Crippen LogP contribution in [0.3, 0.4) is 0 Å². The number of aromatic amines is 1. The highest BCUT2D eigenvalue weighted by atomic mass is 16.5. The number of benzene rings is 1. The van der Waals surface area contributed by atoms with Crippen molar-refractivity contribution in [1.82, 2.24) is 14.8 Å². The summed E-state index contributed by atoms with van der Waals surface area (Å²) in [6, 6.07) is 7.69. The lowest BCUT2D eigenvalue weighted by atomic mass is 10.0. The van der Waals surface area contributed by atoms with E-state index in [0.29, 0.717) is 12.2 Å². The summed E-state index contributed by atoms with van der Waals surface area (Å²) in [5.41, 5.74) is 0.411. The number of carboxylic acid groups (broad SMARTS) is 1. The molecule has 1 unspecified atom stereocenters. The number of hydrogen-bond acceptors (Lipinski definition) is 4. The fourth-order valence-corrected chi connectivity index (χ4v) is 2.72. The maximum Gasteiger partial charge on any atom is 0.328 e. The van der Waals surface area contributed by atoms with Gasteiger partial charge in [0.15, 0.2) is 11.8 Å². The molecule has 2 N–H and O–H groups in total. The number of aromatic nitrogens is 3. The van der Waals surface area contributed by atoms with Gasteiger partial charge in [0, 0.05) is 23.2 Å². The number of nitrogens with one attached hydrogen (secondary N) is 1. The SMILES string of the molecule is CC(C)CC(C(=O)O)n1ncc(Oc2cccc3[nH]ccc23)cc1=O. The predicted octanol–water partition coefficient (Wildman–Crippen LogP) is 3.19. The lowest BCUT2D eigenvalue weighted by molar-refractivity contribution is -0.141. The quantitative estimate of drug-likeness (QED) is 0.717. The monoisotopic (exact) mass is 341 g/mol. The summed E-state index contributed by atoms with van der Waals surface area (Å²) in [4.78, 5) is 26.9. The van der Waals surface area contributed by atoms with E-state index in [-0.39, 0.29) is 11.7 Å². The molecule has 1 atom stereocenters. The van der Waals surface area contributed by atoms with E-state index in [1.54, 1.807) is 12.3 Å². The van der Waals surface area contributed by atoms with Crippen molar-refractivity contribution < 1.29 is 14.6 Å². The smallest absolute Gasteiger partial charge is 0.328 e. The van der Waals surface area contributed by atoms with E-state index < -0.39 is 17.6 Å². The van der Waals surface area contributed by atoms with E-state index in [0.717, 1.165) is 15.6 Å². The molecule has 0 aliphatic rings. The minimum absolute atomic E-state index is 0.122. The zero-order valence-electron chi connectivity index (χ0n) is 14.0. The third-order valence-electron chi connectivity index (χ3n) is 3.86. The normalized spacial score (nSPS) is 12.4. The van der Waals surface area contributed by atoms with Gasteiger partial charge in [-0.3, -0.25) is 4.79 Å². The molecule has 2 aromatic heterocycles. The molecule has 2 heterocycles. The van der Waals surface area contributed by atoms with Crippen LogP contribution in [0.15, 0.2) is 47.5 Å². The zero-order valence-corrected chi connectivity index (χ0v) is 14.0. The van der Waals surface area contributed by atoms with Crippen molar-refractivity contribution >= 4 is 16.9 Å². The fraction of sp³-hybridized carbons (Fsp3) is 0.278. The fourth-order valence-electron chi connectivity index (χ4n) is 2.72. The first-order valence-electron chi connectivity index (χ1n) is 8.01. The summed E-state index contributed by atoms with van der Waals surface area (Å²) in [5, 5.41) is 14.3. The minimum Gasteiger partial charge on any atom is -0.480 e. The minimum atomic E-state index is -1.07. The Balaban J connectivity index is 1.90. The van der Waals surface area contributed by atoms with Crippen LogP contribution >= 0.6 is 0 Å². The third kappa shape index (κ3) is 3.55. The second-order valence-corrected chi connectivity index (χ2v) is 6.25. The van der Waals surface area contributed by atoms with Gasteiger partial charge in [-0.05, 0) is 30.5 Å². The summed E-state index contributed by atoms with van der Waals surface area (Å²) >= 11 is 0. The number of carboxylic acids is 1. The molecule has 1 aromatic carbocycles. The molecule has 0 radical (unpaired) electrons. The maximum absolute atomic E-state index is 12.3. The highest BCUT2D eigenvalue weighted by molar-refractivity contribution is 5.85. The van der Waals surface area contributed by atoms with Crippen LogP contribution < -0.4 is 10.3 Å². The lowest BCUT2D eigenvalue weighted by Gasteiger charge is -2.16. The first-order valence-corrected chi connectivity index (χ1v) is 8.01. The number of H-pyrrole nitrogens is 1. The Kier molecular flexibility index (Phi) is 4.56. The molecular formula is C18H19N3O4. The molecule has 0 saturated carbocycles. The molecule has 7 nitrogen and oxygen atoms in total. The summed E-state index contributed by atoms with van der Waals surface area (Å²) in [7, 11) is 0. The van der Waals surface area contributed by atoms with Crippen molar-refractivity contribution in [2.75, 3.05) is 0 Å². The van der Waals surface area contributed by atoms with Crippen LogP contribution in [0.25, 0.3) is 10.9 Å². The maximum atomic E-state index is 12.3. The van der Waals surface area contributed by atoms with Crippen LogP contribution in [-0.4, -0.2) is 25.8 Å². The number of rotatable bonds is 6. The highest BCUT2D eigenvalue weighted by Crippen LogP contribution is 2.28. The topological polar surface area (TPSA) is 97.2 Å². The van der Waals surface area contributed by atoms with Gasteiger partial charge in [0.1, 0.15) is 5.75 Å². The van der Waals surface area contributed by atoms with E-state index in [2.05, 4.69) is 10.1 Å². The molecule has 0 aliphatic heterocycles. The van der Waals surface area contributed by atoms with Crippen LogP contribution in [0.2, 0.25) is 0 Å². The van der Waals surface area contributed by atoms with Crippen molar-refractivity contribution in [2.45, 2.75) is 26.3 Å². The van der Waals surface area contributed by atoms with Gasteiger partial charge in [-0.2, -0.15) is 5.10 Å². The molecule has 0 bridgehead atoms. The van der Waals surface area contributed by atoms with E-state index >= 15 is 0 Å². The second kappa shape index (κ2) is 6.80. The van der Waals surface area contributed by atoms with Crippen molar-refractivity contribution in [3.63, 3.8) is 0 Å². The van der Waals surface area contributed by atoms with Gasteiger partial charge in [-0.15, -0.1) is 0 Å². The number of ether oxygens (including phenoxy) is 1. The first kappa shape index (κ1) is 16.8. The van der Waals surface area contributed by atoms with E-state index in [1.807, 2.05) is 32.0 Å². The van der Waals surface area contributed by atoms with Crippen LogP contribution in [0, 0.1) is 5.92 Å². The van der Waals surface area contributed by atoms with Crippen molar-refractivity contribution in [2.24, 2.45) is 5.92 Å². The molecule has 0 saturated heterocycles. The van der Waals surface area contributed by atoms with E-state index in [1.165, 1.54) is 12.3 Å². The average Bonchev–Trinajstić information content (AvgIpc) is 3.02. The van der Waals surface area contributed by atoms with Crippen molar-refractivity contribution in [3.8, 4) is 11.5 Å². The molecule has 0 aliphatic carbocycles. The van der Waals surface area contributed by atoms with Gasteiger partial charge in [-0.25, -0.2) is 9.48 Å². The molecular weight excluding hydrogens is 322 g/mol. The van der Waals surface area contributed by atoms with Gasteiger partial charge in [0.05, 0.1) is 6.20 Å². The average molecular weight is 341 g/mol. The molecule has 0 fully saturated rings. The molecule has 7 heteroatoms. The summed E-state index contributed by atoms with van der Waals surface area (Å²) in [6.07, 6.45) is 3.49. The van der Waals surface area contributed by atoms with Crippen LogP contribution in [0.1, 0.15) is 26.3 Å². The van der Waals surface area contributed by atoms with Gasteiger partial charge in [0.25, 0.3) is 5.56 Å². The van der Waals surface area contributed by atoms with Crippen LogP contribution in [0.5, 0.6) is 11.5 Å². The van der Waals surface area contributed by atoms with Crippen molar-refractivity contribution in [3.05, 3.63) is 53.1 Å². The third-order valence-corrected chi connectivity index (χ3v) is 3.86. The second-order valence-electron chi connectivity index (χ2n) is 6.25. The van der Waals surface area contributed by atoms with Crippen LogP contribution in [-0.2, 0) is 4.79 Å². The number of hydrogen-bond donors (Lipinski definition) is 2. The number of fused-ring (bicyclic) bond motifs is 1. The Morgan fingerprint density at radius 1 is 1.36 bits per heavy atom. The Hall–Kier alpha value is -3.09. The molecule has 25 heavy (non-hydrogen) atoms. The predicted molar refractivity (Wildman–Crippen MR) is 93.0 cm³/mol. The van der Waals surface area contributed by atoms with Gasteiger partial charge < -0.3 is 14.8 Å². The van der Waals surface area contributed by atoms with Crippen LogP contribution in [0.4, 0.5) is 0 Å². The number of aliphatic carboxylic acids is 1. The Morgan fingerprint density at radius 2 is 2.16 bits per heavy atom. The molecule has 3 aromatic rings. The Bertz CT molecular complexity index is 958. The Morgan fingerprint density at radius 3 is 2.84 bits per heavy atom. The molecule has 0 amide bonds.